The molecular weight excluding hydrogens is 192 g/mol. The molecule has 0 amide bonds. The molecule has 4 heteroatoms. The van der Waals surface area contributed by atoms with Crippen LogP contribution in [0.5, 0.6) is 0 Å². The maximum Gasteiger partial charge on any atom is 0.315 e. The summed E-state index contributed by atoms with van der Waals surface area (Å²) in [5.41, 5.74) is 1.59. The van der Waals surface area contributed by atoms with Gasteiger partial charge in [0.15, 0.2) is 0 Å². The first-order chi connectivity index (χ1) is 7.22. The normalized spacial score (nSPS) is 17.2. The van der Waals surface area contributed by atoms with Crippen LogP contribution in [0.4, 0.5) is 0 Å². The molecule has 0 bridgehead atoms. The van der Waals surface area contributed by atoms with Crippen LogP contribution in [0.2, 0.25) is 0 Å². The zero-order valence-corrected chi connectivity index (χ0v) is 8.93. The molecule has 1 atom stereocenters. The molecule has 1 heterocycles. The molecular formula is C11H14N2O2. The van der Waals surface area contributed by atoms with Gasteiger partial charge in [-0.15, -0.1) is 0 Å². The van der Waals surface area contributed by atoms with Gasteiger partial charge in [0.25, 0.3) is 0 Å². The highest BCUT2D eigenvalue weighted by atomic mass is 16.5. The number of esters is 1. The van der Waals surface area contributed by atoms with E-state index in [2.05, 4.69) is 9.97 Å². The summed E-state index contributed by atoms with van der Waals surface area (Å²) in [4.78, 5) is 20.0. The second kappa shape index (κ2) is 3.96. The predicted octanol–water partition coefficient (Wildman–Crippen LogP) is 1.45. The number of rotatable bonds is 3. The highest BCUT2D eigenvalue weighted by Crippen LogP contribution is 2.42. The SMILES string of the molecule is COC(=O)C(c1cnc(C)cn1)C1CC1. The van der Waals surface area contributed by atoms with Crippen molar-refractivity contribution in [1.82, 2.24) is 9.97 Å². The third-order valence-corrected chi connectivity index (χ3v) is 2.67. The van der Waals surface area contributed by atoms with Gasteiger partial charge in [-0.1, -0.05) is 0 Å². The second-order valence-electron chi connectivity index (χ2n) is 3.92. The van der Waals surface area contributed by atoms with E-state index in [1.54, 1.807) is 12.4 Å². The van der Waals surface area contributed by atoms with Gasteiger partial charge in [0, 0.05) is 12.4 Å². The molecule has 1 aromatic rings. The lowest BCUT2D eigenvalue weighted by Crippen LogP contribution is -2.17. The van der Waals surface area contributed by atoms with Crippen LogP contribution >= 0.6 is 0 Å². The van der Waals surface area contributed by atoms with Crippen molar-refractivity contribution in [2.45, 2.75) is 25.7 Å². The van der Waals surface area contributed by atoms with Crippen LogP contribution in [0.25, 0.3) is 0 Å². The highest BCUT2D eigenvalue weighted by Gasteiger charge is 2.39. The minimum Gasteiger partial charge on any atom is -0.468 e. The lowest BCUT2D eigenvalue weighted by molar-refractivity contribution is -0.143. The molecule has 0 radical (unpaired) electrons. The summed E-state index contributed by atoms with van der Waals surface area (Å²) in [5.74, 6) is -0.0202. The maximum absolute atomic E-state index is 11.6. The van der Waals surface area contributed by atoms with Crippen LogP contribution in [0.3, 0.4) is 0 Å². The maximum atomic E-state index is 11.6. The van der Waals surface area contributed by atoms with E-state index in [1.165, 1.54) is 7.11 Å². The topological polar surface area (TPSA) is 52.1 Å². The largest absolute Gasteiger partial charge is 0.468 e. The number of aryl methyl sites for hydroxylation is 1. The fraction of sp³-hybridized carbons (Fsp3) is 0.545. The second-order valence-corrected chi connectivity index (χ2v) is 3.92. The number of ether oxygens (including phenoxy) is 1. The summed E-state index contributed by atoms with van der Waals surface area (Å²) < 4.78 is 4.79. The number of carbonyl (C=O) groups excluding carboxylic acids is 1. The highest BCUT2D eigenvalue weighted by molar-refractivity contribution is 5.78. The van der Waals surface area contributed by atoms with Gasteiger partial charge in [-0.05, 0) is 25.7 Å². The third-order valence-electron chi connectivity index (χ3n) is 2.67. The molecule has 1 aliphatic rings. The van der Waals surface area contributed by atoms with E-state index in [0.717, 1.165) is 24.2 Å². The molecule has 0 saturated heterocycles. The summed E-state index contributed by atoms with van der Waals surface area (Å²) in [6.07, 6.45) is 5.52. The van der Waals surface area contributed by atoms with Gasteiger partial charge in [0.1, 0.15) is 5.92 Å². The van der Waals surface area contributed by atoms with Gasteiger partial charge in [-0.3, -0.25) is 14.8 Å². The average Bonchev–Trinajstić information content (AvgIpc) is 3.05. The van der Waals surface area contributed by atoms with E-state index < -0.39 is 0 Å². The van der Waals surface area contributed by atoms with Crippen molar-refractivity contribution >= 4 is 5.97 Å². The first-order valence-corrected chi connectivity index (χ1v) is 5.08. The minimum absolute atomic E-state index is 0.198. The number of methoxy groups -OCH3 is 1. The zero-order chi connectivity index (χ0) is 10.8. The van der Waals surface area contributed by atoms with Gasteiger partial charge in [0.05, 0.1) is 18.5 Å². The van der Waals surface area contributed by atoms with Crippen LogP contribution in [0.15, 0.2) is 12.4 Å². The molecule has 0 spiro atoms. The molecule has 1 unspecified atom stereocenters. The Kier molecular flexibility index (Phi) is 2.66. The standard InChI is InChI=1S/C11H14N2O2/c1-7-5-13-9(6-12-7)10(8-3-4-8)11(14)15-2/h5-6,8,10H,3-4H2,1-2H3. The number of hydrogen-bond acceptors (Lipinski definition) is 4. The van der Waals surface area contributed by atoms with Gasteiger partial charge in [0.2, 0.25) is 0 Å². The lowest BCUT2D eigenvalue weighted by atomic mass is 10.0. The van der Waals surface area contributed by atoms with Crippen molar-refractivity contribution < 1.29 is 9.53 Å². The molecule has 1 aliphatic carbocycles. The van der Waals surface area contributed by atoms with Gasteiger partial charge >= 0.3 is 5.97 Å². The number of nitrogens with zero attached hydrogens (tertiary/aromatic N) is 2. The van der Waals surface area contributed by atoms with Crippen molar-refractivity contribution in [2.75, 3.05) is 7.11 Å². The van der Waals surface area contributed by atoms with Crippen LogP contribution < -0.4 is 0 Å². The Hall–Kier alpha value is -1.45. The van der Waals surface area contributed by atoms with Crippen molar-refractivity contribution in [3.05, 3.63) is 23.8 Å². The van der Waals surface area contributed by atoms with E-state index in [0.29, 0.717) is 5.92 Å². The molecule has 1 fully saturated rings. The first kappa shape index (κ1) is 10.1. The zero-order valence-electron chi connectivity index (χ0n) is 8.93. The van der Waals surface area contributed by atoms with Crippen molar-refractivity contribution in [3.8, 4) is 0 Å². The summed E-state index contributed by atoms with van der Waals surface area (Å²) in [5, 5.41) is 0. The van der Waals surface area contributed by atoms with E-state index >= 15 is 0 Å². The van der Waals surface area contributed by atoms with E-state index in [4.69, 9.17) is 4.74 Å². The molecule has 80 valence electrons. The van der Waals surface area contributed by atoms with Crippen LogP contribution in [0.1, 0.15) is 30.1 Å². The van der Waals surface area contributed by atoms with Gasteiger partial charge in [-0.2, -0.15) is 0 Å². The Balaban J connectivity index is 2.24. The van der Waals surface area contributed by atoms with E-state index in [1.807, 2.05) is 6.92 Å². The first-order valence-electron chi connectivity index (χ1n) is 5.08. The summed E-state index contributed by atoms with van der Waals surface area (Å²) in [6, 6.07) is 0. The van der Waals surface area contributed by atoms with Crippen molar-refractivity contribution in [2.24, 2.45) is 5.92 Å². The molecule has 0 aromatic carbocycles. The molecule has 1 aromatic heterocycles. The van der Waals surface area contributed by atoms with E-state index in [-0.39, 0.29) is 11.9 Å². The van der Waals surface area contributed by atoms with Gasteiger partial charge in [-0.25, -0.2) is 0 Å². The Labute approximate surface area is 88.7 Å². The fourth-order valence-electron chi connectivity index (χ4n) is 1.67. The molecule has 0 aliphatic heterocycles. The number of aromatic nitrogens is 2. The van der Waals surface area contributed by atoms with Crippen molar-refractivity contribution in [3.63, 3.8) is 0 Å². The Morgan fingerprint density at radius 3 is 2.67 bits per heavy atom. The third kappa shape index (κ3) is 2.14. The van der Waals surface area contributed by atoms with Crippen LogP contribution in [-0.2, 0) is 9.53 Å². The van der Waals surface area contributed by atoms with Crippen molar-refractivity contribution in [1.29, 1.82) is 0 Å². The molecule has 4 nitrogen and oxygen atoms in total. The average molecular weight is 206 g/mol. The molecule has 1 saturated carbocycles. The summed E-state index contributed by atoms with van der Waals surface area (Å²) in [7, 11) is 1.42. The minimum atomic E-state index is -0.219. The Morgan fingerprint density at radius 2 is 2.20 bits per heavy atom. The predicted molar refractivity (Wildman–Crippen MR) is 54.3 cm³/mol. The Morgan fingerprint density at radius 1 is 1.47 bits per heavy atom. The fourth-order valence-corrected chi connectivity index (χ4v) is 1.67. The molecule has 15 heavy (non-hydrogen) atoms. The number of carbonyl (C=O) groups is 1. The molecule has 2 rings (SSSR count). The Bertz CT molecular complexity index is 357. The van der Waals surface area contributed by atoms with Crippen LogP contribution in [-0.4, -0.2) is 23.0 Å². The molecule has 0 N–H and O–H groups in total. The summed E-state index contributed by atoms with van der Waals surface area (Å²) >= 11 is 0. The van der Waals surface area contributed by atoms with Gasteiger partial charge < -0.3 is 4.74 Å². The lowest BCUT2D eigenvalue weighted by Gasteiger charge is -2.12. The quantitative estimate of drug-likeness (QED) is 0.702. The monoisotopic (exact) mass is 206 g/mol. The van der Waals surface area contributed by atoms with Crippen LogP contribution in [0, 0.1) is 12.8 Å². The smallest absolute Gasteiger partial charge is 0.315 e. The number of hydrogen-bond donors (Lipinski definition) is 0. The summed E-state index contributed by atoms with van der Waals surface area (Å²) in [6.45, 7) is 1.88. The van der Waals surface area contributed by atoms with E-state index in [9.17, 15) is 4.79 Å².